The zero-order chi connectivity index (χ0) is 11.8. The summed E-state index contributed by atoms with van der Waals surface area (Å²) in [4.78, 5) is 27.6. The molecular formula is C12H10N2O2S. The second-order valence-electron chi connectivity index (χ2n) is 3.81. The normalized spacial score (nSPS) is 13.6. The molecule has 1 aliphatic heterocycles. The average molecular weight is 246 g/mol. The van der Waals surface area contributed by atoms with Gasteiger partial charge in [-0.1, -0.05) is 18.2 Å². The number of thioether (sulfide) groups is 1. The Labute approximate surface area is 101 Å². The smallest absolute Gasteiger partial charge is 0.310 e. The highest BCUT2D eigenvalue weighted by atomic mass is 32.2. The Morgan fingerprint density at radius 2 is 1.94 bits per heavy atom. The SMILES string of the molecule is O=c1[nH]c2c(c(=O)n1-c1ccccc1)SCC2. The summed E-state index contributed by atoms with van der Waals surface area (Å²) >= 11 is 1.51. The first-order valence-corrected chi connectivity index (χ1v) is 6.32. The molecule has 0 bridgehead atoms. The fourth-order valence-electron chi connectivity index (χ4n) is 1.96. The van der Waals surface area contributed by atoms with Crippen LogP contribution in [0.15, 0.2) is 44.8 Å². The van der Waals surface area contributed by atoms with E-state index in [4.69, 9.17) is 0 Å². The number of para-hydroxylation sites is 1. The maximum atomic E-state index is 12.2. The number of aromatic nitrogens is 2. The number of hydrogen-bond acceptors (Lipinski definition) is 3. The van der Waals surface area contributed by atoms with Gasteiger partial charge in [-0.05, 0) is 18.6 Å². The summed E-state index contributed by atoms with van der Waals surface area (Å²) < 4.78 is 1.19. The molecule has 0 fully saturated rings. The number of aromatic amines is 1. The summed E-state index contributed by atoms with van der Waals surface area (Å²) in [5.74, 6) is 0.860. The highest BCUT2D eigenvalue weighted by Gasteiger charge is 2.19. The first-order chi connectivity index (χ1) is 8.27. The molecule has 0 unspecified atom stereocenters. The van der Waals surface area contributed by atoms with Crippen molar-refractivity contribution in [3.05, 3.63) is 56.9 Å². The lowest BCUT2D eigenvalue weighted by atomic mass is 10.3. The Morgan fingerprint density at radius 1 is 1.18 bits per heavy atom. The number of aryl methyl sites for hydroxylation is 1. The van der Waals surface area contributed by atoms with E-state index >= 15 is 0 Å². The van der Waals surface area contributed by atoms with Gasteiger partial charge in [0.05, 0.1) is 10.6 Å². The van der Waals surface area contributed by atoms with Gasteiger partial charge in [0.1, 0.15) is 0 Å². The van der Waals surface area contributed by atoms with E-state index in [1.165, 1.54) is 16.3 Å². The molecular weight excluding hydrogens is 236 g/mol. The molecule has 1 aromatic carbocycles. The molecule has 0 amide bonds. The first-order valence-electron chi connectivity index (χ1n) is 5.34. The van der Waals surface area contributed by atoms with Crippen LogP contribution in [-0.2, 0) is 6.42 Å². The fraction of sp³-hybridized carbons (Fsp3) is 0.167. The number of benzene rings is 1. The highest BCUT2D eigenvalue weighted by molar-refractivity contribution is 7.99. The maximum absolute atomic E-state index is 12.2. The second kappa shape index (κ2) is 3.92. The lowest BCUT2D eigenvalue weighted by molar-refractivity contribution is 0.805. The summed E-state index contributed by atoms with van der Waals surface area (Å²) in [6.45, 7) is 0. The predicted molar refractivity (Wildman–Crippen MR) is 67.1 cm³/mol. The number of hydrogen-bond donors (Lipinski definition) is 1. The van der Waals surface area contributed by atoms with Crippen molar-refractivity contribution in [1.82, 2.24) is 9.55 Å². The number of rotatable bonds is 1. The minimum Gasteiger partial charge on any atom is -0.310 e. The molecule has 4 nitrogen and oxygen atoms in total. The highest BCUT2D eigenvalue weighted by Crippen LogP contribution is 2.25. The molecule has 0 radical (unpaired) electrons. The Kier molecular flexibility index (Phi) is 2.40. The molecule has 17 heavy (non-hydrogen) atoms. The van der Waals surface area contributed by atoms with Crippen molar-refractivity contribution >= 4 is 11.8 Å². The van der Waals surface area contributed by atoms with Crippen molar-refractivity contribution in [2.45, 2.75) is 11.3 Å². The van der Waals surface area contributed by atoms with Crippen molar-refractivity contribution < 1.29 is 0 Å². The van der Waals surface area contributed by atoms with Crippen LogP contribution in [0, 0.1) is 0 Å². The lowest BCUT2D eigenvalue weighted by Gasteiger charge is -2.06. The molecule has 0 spiro atoms. The summed E-state index contributed by atoms with van der Waals surface area (Å²) in [7, 11) is 0. The summed E-state index contributed by atoms with van der Waals surface area (Å²) in [6, 6.07) is 8.97. The van der Waals surface area contributed by atoms with Crippen LogP contribution in [0.2, 0.25) is 0 Å². The van der Waals surface area contributed by atoms with Gasteiger partial charge in [-0.2, -0.15) is 0 Å². The summed E-state index contributed by atoms with van der Waals surface area (Å²) in [5.41, 5.74) is 0.811. The Bertz CT molecular complexity index is 673. The van der Waals surface area contributed by atoms with Crippen molar-refractivity contribution in [3.63, 3.8) is 0 Å². The Morgan fingerprint density at radius 3 is 2.71 bits per heavy atom. The van der Waals surface area contributed by atoms with E-state index in [1.54, 1.807) is 12.1 Å². The third-order valence-electron chi connectivity index (χ3n) is 2.75. The quantitative estimate of drug-likeness (QED) is 0.822. The summed E-state index contributed by atoms with van der Waals surface area (Å²) in [5, 5.41) is 0. The van der Waals surface area contributed by atoms with Gasteiger partial charge < -0.3 is 4.98 Å². The molecule has 2 aromatic rings. The van der Waals surface area contributed by atoms with E-state index in [1.807, 2.05) is 18.2 Å². The van der Waals surface area contributed by atoms with E-state index in [2.05, 4.69) is 4.98 Å². The van der Waals surface area contributed by atoms with Crippen molar-refractivity contribution in [2.75, 3.05) is 5.75 Å². The van der Waals surface area contributed by atoms with Crippen molar-refractivity contribution in [2.24, 2.45) is 0 Å². The van der Waals surface area contributed by atoms with Crippen LogP contribution in [-0.4, -0.2) is 15.3 Å². The third-order valence-corrected chi connectivity index (χ3v) is 3.86. The molecule has 0 aliphatic carbocycles. The minimum absolute atomic E-state index is 0.211. The predicted octanol–water partition coefficient (Wildman–Crippen LogP) is 1.17. The van der Waals surface area contributed by atoms with Crippen LogP contribution in [0.4, 0.5) is 0 Å². The van der Waals surface area contributed by atoms with Gasteiger partial charge in [0, 0.05) is 11.4 Å². The average Bonchev–Trinajstić information content (AvgIpc) is 2.78. The number of nitrogens with one attached hydrogen (secondary N) is 1. The molecule has 3 rings (SSSR count). The Hall–Kier alpha value is -1.75. The van der Waals surface area contributed by atoms with Crippen molar-refractivity contribution in [1.29, 1.82) is 0 Å². The Balaban J connectivity index is 2.33. The van der Waals surface area contributed by atoms with E-state index in [-0.39, 0.29) is 11.2 Å². The molecule has 0 saturated carbocycles. The largest absolute Gasteiger partial charge is 0.333 e. The van der Waals surface area contributed by atoms with Crippen LogP contribution in [0.1, 0.15) is 5.69 Å². The van der Waals surface area contributed by atoms with Crippen LogP contribution >= 0.6 is 11.8 Å². The molecule has 2 heterocycles. The third kappa shape index (κ3) is 1.63. The zero-order valence-corrected chi connectivity index (χ0v) is 9.79. The monoisotopic (exact) mass is 246 g/mol. The first kappa shape index (κ1) is 10.4. The van der Waals surface area contributed by atoms with E-state index in [0.717, 1.165) is 17.9 Å². The van der Waals surface area contributed by atoms with Gasteiger partial charge in [0.2, 0.25) is 0 Å². The fourth-order valence-corrected chi connectivity index (χ4v) is 3.01. The molecule has 1 aliphatic rings. The molecule has 5 heteroatoms. The standard InChI is InChI=1S/C12H10N2O2S/c15-11-10-9(6-7-17-10)13-12(16)14(11)8-4-2-1-3-5-8/h1-5H,6-7H2,(H,13,16). The lowest BCUT2D eigenvalue weighted by Crippen LogP contribution is -2.35. The topological polar surface area (TPSA) is 54.9 Å². The van der Waals surface area contributed by atoms with Gasteiger partial charge in [-0.3, -0.25) is 4.79 Å². The summed E-state index contributed by atoms with van der Waals surface area (Å²) in [6.07, 6.45) is 0.764. The van der Waals surface area contributed by atoms with Crippen LogP contribution in [0.25, 0.3) is 5.69 Å². The van der Waals surface area contributed by atoms with Gasteiger partial charge in [-0.25, -0.2) is 9.36 Å². The van der Waals surface area contributed by atoms with E-state index < -0.39 is 0 Å². The maximum Gasteiger partial charge on any atom is 0.333 e. The van der Waals surface area contributed by atoms with Crippen molar-refractivity contribution in [3.8, 4) is 5.69 Å². The van der Waals surface area contributed by atoms with Crippen LogP contribution in [0.3, 0.4) is 0 Å². The number of fused-ring (bicyclic) bond motifs is 1. The molecule has 0 atom stereocenters. The van der Waals surface area contributed by atoms with Gasteiger partial charge >= 0.3 is 5.69 Å². The van der Waals surface area contributed by atoms with Gasteiger partial charge in [-0.15, -0.1) is 11.8 Å². The number of H-pyrrole nitrogens is 1. The second-order valence-corrected chi connectivity index (χ2v) is 4.92. The zero-order valence-electron chi connectivity index (χ0n) is 8.97. The van der Waals surface area contributed by atoms with E-state index in [0.29, 0.717) is 10.6 Å². The molecule has 86 valence electrons. The minimum atomic E-state index is -0.359. The van der Waals surface area contributed by atoms with Crippen LogP contribution in [0.5, 0.6) is 0 Å². The van der Waals surface area contributed by atoms with Crippen LogP contribution < -0.4 is 11.2 Å². The molecule has 1 N–H and O–H groups in total. The van der Waals surface area contributed by atoms with E-state index in [9.17, 15) is 9.59 Å². The number of nitrogens with zero attached hydrogens (tertiary/aromatic N) is 1. The molecule has 1 aromatic heterocycles. The van der Waals surface area contributed by atoms with Gasteiger partial charge in [0.25, 0.3) is 5.56 Å². The van der Waals surface area contributed by atoms with Gasteiger partial charge in [0.15, 0.2) is 0 Å². The molecule has 0 saturated heterocycles.